The first kappa shape index (κ1) is 14.9. The summed E-state index contributed by atoms with van der Waals surface area (Å²) < 4.78 is 43.9. The van der Waals surface area contributed by atoms with E-state index < -0.39 is 11.7 Å². The molecule has 2 aromatic heterocycles. The third-order valence-corrected chi connectivity index (χ3v) is 2.50. The van der Waals surface area contributed by atoms with Crippen molar-refractivity contribution in [3.63, 3.8) is 0 Å². The second kappa shape index (κ2) is 5.90. The van der Waals surface area contributed by atoms with Gasteiger partial charge in [-0.1, -0.05) is 0 Å². The van der Waals surface area contributed by atoms with Gasteiger partial charge in [0, 0.05) is 18.9 Å². The van der Waals surface area contributed by atoms with E-state index in [0.29, 0.717) is 6.54 Å². The van der Waals surface area contributed by atoms with Crippen molar-refractivity contribution in [1.29, 1.82) is 0 Å². The van der Waals surface area contributed by atoms with E-state index in [4.69, 9.17) is 4.74 Å². The largest absolute Gasteiger partial charge is 0.467 e. The maximum Gasteiger partial charge on any atom is 0.417 e. The van der Waals surface area contributed by atoms with E-state index in [1.165, 1.54) is 7.11 Å². The standard InChI is InChI=1S/C12H12F3N5O/c1-3-17-10-18-9(19-11(20-10)21-2)7-6-16-5-4-8(7)12(13,14)15/h4-6H,3H2,1-2H3,(H,17,18,19,20). The molecule has 0 aromatic carbocycles. The number of nitrogens with one attached hydrogen (secondary N) is 1. The van der Waals surface area contributed by atoms with Crippen LogP contribution in [0.1, 0.15) is 12.5 Å². The number of anilines is 1. The van der Waals surface area contributed by atoms with Gasteiger partial charge in [-0.25, -0.2) is 0 Å². The number of alkyl halides is 3. The monoisotopic (exact) mass is 299 g/mol. The van der Waals surface area contributed by atoms with Crippen LogP contribution in [-0.4, -0.2) is 33.6 Å². The number of methoxy groups -OCH3 is 1. The number of ether oxygens (including phenoxy) is 1. The van der Waals surface area contributed by atoms with Crippen molar-refractivity contribution in [3.8, 4) is 17.4 Å². The Morgan fingerprint density at radius 1 is 1.24 bits per heavy atom. The summed E-state index contributed by atoms with van der Waals surface area (Å²) in [5, 5.41) is 2.81. The van der Waals surface area contributed by atoms with Gasteiger partial charge in [-0.2, -0.15) is 28.1 Å². The summed E-state index contributed by atoms with van der Waals surface area (Å²) in [4.78, 5) is 15.4. The first-order valence-electron chi connectivity index (χ1n) is 6.01. The lowest BCUT2D eigenvalue weighted by molar-refractivity contribution is -0.137. The first-order chi connectivity index (χ1) is 9.95. The highest BCUT2D eigenvalue weighted by molar-refractivity contribution is 5.61. The average Bonchev–Trinajstić information content (AvgIpc) is 2.46. The van der Waals surface area contributed by atoms with Crippen LogP contribution in [0.25, 0.3) is 11.4 Å². The Hall–Kier alpha value is -2.45. The maximum absolute atomic E-state index is 13.0. The van der Waals surface area contributed by atoms with E-state index in [1.54, 1.807) is 6.92 Å². The van der Waals surface area contributed by atoms with Crippen LogP contribution in [0, 0.1) is 0 Å². The molecule has 2 rings (SSSR count). The summed E-state index contributed by atoms with van der Waals surface area (Å²) in [7, 11) is 1.32. The van der Waals surface area contributed by atoms with Gasteiger partial charge in [0.25, 0.3) is 0 Å². The molecule has 0 fully saturated rings. The summed E-state index contributed by atoms with van der Waals surface area (Å²) >= 11 is 0. The highest BCUT2D eigenvalue weighted by Gasteiger charge is 2.34. The fourth-order valence-corrected chi connectivity index (χ4v) is 1.63. The van der Waals surface area contributed by atoms with Crippen LogP contribution in [-0.2, 0) is 6.18 Å². The Balaban J connectivity index is 2.59. The molecule has 9 heteroatoms. The summed E-state index contributed by atoms with van der Waals surface area (Å²) in [5.41, 5.74) is -1.10. The Labute approximate surface area is 118 Å². The molecular weight excluding hydrogens is 287 g/mol. The average molecular weight is 299 g/mol. The van der Waals surface area contributed by atoms with Crippen molar-refractivity contribution in [3.05, 3.63) is 24.0 Å². The molecule has 0 saturated heterocycles. The molecule has 21 heavy (non-hydrogen) atoms. The molecule has 0 saturated carbocycles. The number of nitrogens with zero attached hydrogens (tertiary/aromatic N) is 4. The van der Waals surface area contributed by atoms with Crippen LogP contribution in [0.2, 0.25) is 0 Å². The quantitative estimate of drug-likeness (QED) is 0.934. The van der Waals surface area contributed by atoms with Gasteiger partial charge < -0.3 is 10.1 Å². The van der Waals surface area contributed by atoms with Gasteiger partial charge in [0.05, 0.1) is 18.2 Å². The molecule has 0 aliphatic carbocycles. The lowest BCUT2D eigenvalue weighted by Gasteiger charge is -2.12. The molecule has 112 valence electrons. The van der Waals surface area contributed by atoms with E-state index >= 15 is 0 Å². The Morgan fingerprint density at radius 3 is 2.62 bits per heavy atom. The van der Waals surface area contributed by atoms with Crippen LogP contribution in [0.15, 0.2) is 18.5 Å². The van der Waals surface area contributed by atoms with Crippen LogP contribution in [0.5, 0.6) is 6.01 Å². The summed E-state index contributed by atoms with van der Waals surface area (Å²) in [6.07, 6.45) is -2.40. The van der Waals surface area contributed by atoms with Gasteiger partial charge in [-0.3, -0.25) is 4.98 Å². The lowest BCUT2D eigenvalue weighted by Crippen LogP contribution is -2.11. The van der Waals surface area contributed by atoms with E-state index in [-0.39, 0.29) is 23.3 Å². The fraction of sp³-hybridized carbons (Fsp3) is 0.333. The molecule has 0 atom stereocenters. The Bertz CT molecular complexity index is 633. The van der Waals surface area contributed by atoms with Crippen LogP contribution >= 0.6 is 0 Å². The smallest absolute Gasteiger partial charge is 0.417 e. The number of aromatic nitrogens is 4. The fourth-order valence-electron chi connectivity index (χ4n) is 1.63. The number of halogens is 3. The van der Waals surface area contributed by atoms with E-state index in [2.05, 4.69) is 25.3 Å². The Kier molecular flexibility index (Phi) is 4.20. The predicted octanol–water partition coefficient (Wildman–Crippen LogP) is 2.39. The molecule has 0 radical (unpaired) electrons. The molecule has 0 amide bonds. The molecular formula is C12H12F3N5O. The molecule has 0 aliphatic rings. The minimum atomic E-state index is -4.53. The van der Waals surface area contributed by atoms with E-state index in [9.17, 15) is 13.2 Å². The third-order valence-electron chi connectivity index (χ3n) is 2.50. The van der Waals surface area contributed by atoms with Crippen LogP contribution in [0.4, 0.5) is 19.1 Å². The number of rotatable bonds is 4. The molecule has 0 bridgehead atoms. The van der Waals surface area contributed by atoms with Gasteiger partial charge in [-0.05, 0) is 13.0 Å². The maximum atomic E-state index is 13.0. The van der Waals surface area contributed by atoms with Crippen molar-refractivity contribution in [2.45, 2.75) is 13.1 Å². The zero-order chi connectivity index (χ0) is 15.5. The number of pyridine rings is 1. The minimum absolute atomic E-state index is 0.0760. The van der Waals surface area contributed by atoms with Crippen molar-refractivity contribution >= 4 is 5.95 Å². The normalized spacial score (nSPS) is 11.3. The second-order valence-corrected chi connectivity index (χ2v) is 3.92. The molecule has 0 spiro atoms. The molecule has 1 N–H and O–H groups in total. The summed E-state index contributed by atoms with van der Waals surface area (Å²) in [6, 6.07) is 0.798. The summed E-state index contributed by atoms with van der Waals surface area (Å²) in [6.45, 7) is 2.31. The Morgan fingerprint density at radius 2 is 2.00 bits per heavy atom. The van der Waals surface area contributed by atoms with E-state index in [0.717, 1.165) is 18.5 Å². The minimum Gasteiger partial charge on any atom is -0.467 e. The number of hydrogen-bond donors (Lipinski definition) is 1. The second-order valence-electron chi connectivity index (χ2n) is 3.92. The molecule has 0 unspecified atom stereocenters. The molecule has 2 heterocycles. The zero-order valence-corrected chi connectivity index (χ0v) is 11.3. The third kappa shape index (κ3) is 3.36. The van der Waals surface area contributed by atoms with Crippen molar-refractivity contribution in [2.75, 3.05) is 19.0 Å². The highest BCUT2D eigenvalue weighted by atomic mass is 19.4. The highest BCUT2D eigenvalue weighted by Crippen LogP contribution is 2.35. The molecule has 0 aliphatic heterocycles. The summed E-state index contributed by atoms with van der Waals surface area (Å²) in [5.74, 6) is -0.0189. The van der Waals surface area contributed by atoms with Gasteiger partial charge in [0.15, 0.2) is 5.82 Å². The first-order valence-corrected chi connectivity index (χ1v) is 6.01. The van der Waals surface area contributed by atoms with Gasteiger partial charge >= 0.3 is 12.2 Å². The predicted molar refractivity (Wildman–Crippen MR) is 68.8 cm³/mol. The SMILES string of the molecule is CCNc1nc(OC)nc(-c2cnccc2C(F)(F)F)n1. The molecule has 6 nitrogen and oxygen atoms in total. The topological polar surface area (TPSA) is 72.8 Å². The number of hydrogen-bond acceptors (Lipinski definition) is 6. The van der Waals surface area contributed by atoms with Gasteiger partial charge in [0.2, 0.25) is 5.95 Å². The van der Waals surface area contributed by atoms with Crippen LogP contribution < -0.4 is 10.1 Å². The van der Waals surface area contributed by atoms with Crippen molar-refractivity contribution in [1.82, 2.24) is 19.9 Å². The van der Waals surface area contributed by atoms with Gasteiger partial charge in [-0.15, -0.1) is 0 Å². The van der Waals surface area contributed by atoms with Crippen LogP contribution in [0.3, 0.4) is 0 Å². The van der Waals surface area contributed by atoms with E-state index in [1.807, 2.05) is 0 Å². The zero-order valence-electron chi connectivity index (χ0n) is 11.3. The lowest BCUT2D eigenvalue weighted by atomic mass is 10.1. The van der Waals surface area contributed by atoms with Crippen molar-refractivity contribution < 1.29 is 17.9 Å². The van der Waals surface area contributed by atoms with Gasteiger partial charge in [0.1, 0.15) is 0 Å². The molecule has 2 aromatic rings. The van der Waals surface area contributed by atoms with Crippen molar-refractivity contribution in [2.24, 2.45) is 0 Å².